The van der Waals surface area contributed by atoms with Crippen LogP contribution in [0.4, 0.5) is 0 Å². The Morgan fingerprint density at radius 1 is 1.00 bits per heavy atom. The Balaban J connectivity index is 2.59. The van der Waals surface area contributed by atoms with Crippen LogP contribution in [-0.2, 0) is 0 Å². The van der Waals surface area contributed by atoms with Gasteiger partial charge in [0.2, 0.25) is 0 Å². The molecule has 0 unspecified atom stereocenters. The molecule has 0 spiro atoms. The van der Waals surface area contributed by atoms with Crippen LogP contribution in [-0.4, -0.2) is 14.5 Å². The van der Waals surface area contributed by atoms with Gasteiger partial charge < -0.3 is 0 Å². The molecule has 2 aromatic heterocycles. The Hall–Kier alpha value is -0.301. The van der Waals surface area contributed by atoms with E-state index in [1.165, 1.54) is 20.9 Å². The van der Waals surface area contributed by atoms with E-state index in [0.29, 0.717) is 14.5 Å². The zero-order valence-corrected chi connectivity index (χ0v) is 11.5. The predicted octanol–water partition coefficient (Wildman–Crippen LogP) is 3.71. The van der Waals surface area contributed by atoms with Crippen LogP contribution in [0.15, 0.2) is 12.1 Å². The quantitative estimate of drug-likeness (QED) is 0.692. The summed E-state index contributed by atoms with van der Waals surface area (Å²) < 4.78 is 3.15. The van der Waals surface area contributed by atoms with Crippen molar-refractivity contribution in [2.45, 2.75) is 27.7 Å². The molecule has 0 aromatic carbocycles. The fourth-order valence-electron chi connectivity index (χ4n) is 1.73. The zero-order chi connectivity index (χ0) is 10.3. The molecular formula is C12H14SSe. The molecule has 0 atom stereocenters. The van der Waals surface area contributed by atoms with Crippen molar-refractivity contribution in [3.63, 3.8) is 0 Å². The third-order valence-electron chi connectivity index (χ3n) is 2.29. The van der Waals surface area contributed by atoms with E-state index in [1.54, 1.807) is 8.87 Å². The molecule has 0 aliphatic heterocycles. The second kappa shape index (κ2) is 3.69. The number of thiophene rings is 1. The first-order chi connectivity index (χ1) is 6.58. The van der Waals surface area contributed by atoms with Gasteiger partial charge in [0, 0.05) is 0 Å². The molecule has 14 heavy (non-hydrogen) atoms. The summed E-state index contributed by atoms with van der Waals surface area (Å²) in [6.45, 7) is 8.90. The Bertz CT molecular complexity index is 418. The number of hydrogen-bond acceptors (Lipinski definition) is 1. The van der Waals surface area contributed by atoms with Gasteiger partial charge in [0.1, 0.15) is 0 Å². The van der Waals surface area contributed by atoms with E-state index >= 15 is 0 Å². The van der Waals surface area contributed by atoms with Gasteiger partial charge in [-0.1, -0.05) is 0 Å². The average molecular weight is 269 g/mol. The van der Waals surface area contributed by atoms with E-state index in [0.717, 1.165) is 0 Å². The van der Waals surface area contributed by atoms with Gasteiger partial charge in [-0.2, -0.15) is 0 Å². The Morgan fingerprint density at radius 3 is 2.14 bits per heavy atom. The maximum absolute atomic E-state index is 2.34. The number of hydrogen-bond donors (Lipinski definition) is 0. The monoisotopic (exact) mass is 270 g/mol. The molecular weight excluding hydrogens is 255 g/mol. The summed E-state index contributed by atoms with van der Waals surface area (Å²) >= 11 is 2.52. The van der Waals surface area contributed by atoms with Crippen LogP contribution in [0.1, 0.15) is 20.4 Å². The van der Waals surface area contributed by atoms with Crippen molar-refractivity contribution in [3.05, 3.63) is 32.6 Å². The maximum atomic E-state index is 2.34. The van der Waals surface area contributed by atoms with E-state index in [9.17, 15) is 0 Å². The van der Waals surface area contributed by atoms with Crippen molar-refractivity contribution in [1.82, 2.24) is 0 Å². The summed E-state index contributed by atoms with van der Waals surface area (Å²) in [5.74, 6) is 0. The molecule has 0 nitrogen and oxygen atoms in total. The van der Waals surface area contributed by atoms with Crippen molar-refractivity contribution in [2.24, 2.45) is 0 Å². The van der Waals surface area contributed by atoms with E-state index in [2.05, 4.69) is 39.8 Å². The summed E-state index contributed by atoms with van der Waals surface area (Å²) in [7, 11) is 0. The van der Waals surface area contributed by atoms with Crippen molar-refractivity contribution in [2.75, 3.05) is 0 Å². The van der Waals surface area contributed by atoms with Crippen molar-refractivity contribution in [3.8, 4) is 9.31 Å². The van der Waals surface area contributed by atoms with Gasteiger partial charge in [-0.25, -0.2) is 0 Å². The number of aryl methyl sites for hydroxylation is 4. The van der Waals surface area contributed by atoms with Crippen LogP contribution in [0.2, 0.25) is 0 Å². The molecule has 2 heterocycles. The van der Waals surface area contributed by atoms with Crippen LogP contribution in [0.3, 0.4) is 0 Å². The van der Waals surface area contributed by atoms with Crippen molar-refractivity contribution in [1.29, 1.82) is 0 Å². The normalized spacial score (nSPS) is 10.9. The van der Waals surface area contributed by atoms with Gasteiger partial charge in [-0.15, -0.1) is 0 Å². The van der Waals surface area contributed by atoms with E-state index in [4.69, 9.17) is 0 Å². The molecule has 0 saturated carbocycles. The standard InChI is InChI=1S/C12H14SSe/c1-7-5-9(3)13-11(7)12-8(2)6-10(4)14-12/h5-6H,1-4H3. The molecule has 0 radical (unpaired) electrons. The van der Waals surface area contributed by atoms with E-state index in [-0.39, 0.29) is 0 Å². The zero-order valence-electron chi connectivity index (χ0n) is 8.97. The van der Waals surface area contributed by atoms with Crippen LogP contribution in [0, 0.1) is 27.7 Å². The molecule has 2 aromatic rings. The fourth-order valence-corrected chi connectivity index (χ4v) is 5.41. The first-order valence-electron chi connectivity index (χ1n) is 4.72. The van der Waals surface area contributed by atoms with Gasteiger partial charge in [0.25, 0.3) is 0 Å². The van der Waals surface area contributed by atoms with Crippen LogP contribution >= 0.6 is 11.3 Å². The average Bonchev–Trinajstić information content (AvgIpc) is 2.55. The second-order valence-electron chi connectivity index (χ2n) is 3.74. The third kappa shape index (κ3) is 1.75. The van der Waals surface area contributed by atoms with Gasteiger partial charge in [0.15, 0.2) is 0 Å². The second-order valence-corrected chi connectivity index (χ2v) is 7.63. The molecule has 0 aliphatic rings. The minimum atomic E-state index is 0.576. The molecule has 74 valence electrons. The minimum absolute atomic E-state index is 0.576. The van der Waals surface area contributed by atoms with Gasteiger partial charge >= 0.3 is 95.4 Å². The molecule has 0 aliphatic carbocycles. The van der Waals surface area contributed by atoms with E-state index < -0.39 is 0 Å². The summed E-state index contributed by atoms with van der Waals surface area (Å²) in [4.78, 5) is 2.95. The first-order valence-corrected chi connectivity index (χ1v) is 7.25. The van der Waals surface area contributed by atoms with Gasteiger partial charge in [0.05, 0.1) is 0 Å². The van der Waals surface area contributed by atoms with Gasteiger partial charge in [-0.3, -0.25) is 0 Å². The summed E-state index contributed by atoms with van der Waals surface area (Å²) in [6, 6.07) is 4.63. The summed E-state index contributed by atoms with van der Waals surface area (Å²) in [5, 5.41) is 0. The van der Waals surface area contributed by atoms with Crippen LogP contribution < -0.4 is 0 Å². The predicted molar refractivity (Wildman–Crippen MR) is 65.6 cm³/mol. The van der Waals surface area contributed by atoms with Crippen LogP contribution in [0.5, 0.6) is 0 Å². The van der Waals surface area contributed by atoms with Crippen molar-refractivity contribution >= 4 is 25.8 Å². The molecule has 0 saturated heterocycles. The summed E-state index contributed by atoms with van der Waals surface area (Å²) in [5.41, 5.74) is 2.93. The topological polar surface area (TPSA) is 0 Å². The molecule has 0 N–H and O–H groups in total. The first kappa shape index (κ1) is 10.2. The number of rotatable bonds is 1. The Morgan fingerprint density at radius 2 is 1.71 bits per heavy atom. The molecule has 0 amide bonds. The van der Waals surface area contributed by atoms with Gasteiger partial charge in [-0.05, 0) is 0 Å². The Labute approximate surface area is 95.3 Å². The molecule has 2 rings (SSSR count). The third-order valence-corrected chi connectivity index (χ3v) is 6.20. The Kier molecular flexibility index (Phi) is 2.70. The van der Waals surface area contributed by atoms with E-state index in [1.807, 2.05) is 11.3 Å². The van der Waals surface area contributed by atoms with Crippen LogP contribution in [0.25, 0.3) is 9.31 Å². The molecule has 0 fully saturated rings. The van der Waals surface area contributed by atoms with Crippen molar-refractivity contribution < 1.29 is 0 Å². The SMILES string of the molecule is Cc1cc(C)c(-c2[se]c(C)cc2C)s1. The summed E-state index contributed by atoms with van der Waals surface area (Å²) in [6.07, 6.45) is 0. The molecule has 0 bridgehead atoms. The molecule has 2 heteroatoms. The fraction of sp³-hybridized carbons (Fsp3) is 0.333.